The number of pyridine rings is 1. The number of piperazine rings is 1. The second-order valence-electron chi connectivity index (χ2n) is 9.20. The first-order valence-corrected chi connectivity index (χ1v) is 15.2. The predicted molar refractivity (Wildman–Crippen MR) is 162 cm³/mol. The first kappa shape index (κ1) is 27.3. The molecule has 0 aliphatic carbocycles. The van der Waals surface area contributed by atoms with Crippen molar-refractivity contribution in [3.05, 3.63) is 94.2 Å². The van der Waals surface area contributed by atoms with Gasteiger partial charge in [-0.3, -0.25) is 14.3 Å². The number of thiazole rings is 1. The maximum Gasteiger partial charge on any atom is 0.273 e. The summed E-state index contributed by atoms with van der Waals surface area (Å²) in [4.78, 5) is 26.1. The number of rotatable bonds is 8. The summed E-state index contributed by atoms with van der Waals surface area (Å²) >= 11 is 9.36. The molecule has 41 heavy (non-hydrogen) atoms. The molecule has 6 rings (SSSR count). The molecule has 1 saturated heterocycles. The summed E-state index contributed by atoms with van der Waals surface area (Å²) in [6.45, 7) is 2.68. The van der Waals surface area contributed by atoms with E-state index in [2.05, 4.69) is 25.1 Å². The van der Waals surface area contributed by atoms with E-state index >= 15 is 0 Å². The van der Waals surface area contributed by atoms with Crippen molar-refractivity contribution in [1.29, 1.82) is 0 Å². The van der Waals surface area contributed by atoms with Gasteiger partial charge in [0.1, 0.15) is 16.5 Å². The van der Waals surface area contributed by atoms with E-state index in [-0.39, 0.29) is 5.91 Å². The third-order valence-electron chi connectivity index (χ3n) is 6.75. The molecule has 3 aromatic heterocycles. The molecule has 1 aliphatic rings. The van der Waals surface area contributed by atoms with Gasteiger partial charge in [0.25, 0.3) is 5.91 Å². The highest BCUT2D eigenvalue weighted by Crippen LogP contribution is 2.34. The lowest BCUT2D eigenvalue weighted by atomic mass is 10.2. The third-order valence-corrected chi connectivity index (χ3v) is 9.04. The topological polar surface area (TPSA) is 89.3 Å². The molecule has 5 aromatic rings. The third kappa shape index (κ3) is 5.79. The Balaban J connectivity index is 1.16. The minimum Gasteiger partial charge on any atom is -0.495 e. The number of hydrogen-bond acceptors (Lipinski definition) is 9. The molecule has 0 unspecified atom stereocenters. The molecule has 0 N–H and O–H groups in total. The molecule has 2 aromatic carbocycles. The summed E-state index contributed by atoms with van der Waals surface area (Å²) in [5.74, 6) is 1.89. The number of thioether (sulfide) groups is 1. The number of hydrogen-bond donors (Lipinski definition) is 0. The van der Waals surface area contributed by atoms with Crippen molar-refractivity contribution < 1.29 is 9.53 Å². The fourth-order valence-corrected chi connectivity index (χ4v) is 6.69. The van der Waals surface area contributed by atoms with Crippen LogP contribution in [0.15, 0.2) is 83.6 Å². The van der Waals surface area contributed by atoms with Crippen LogP contribution in [0.1, 0.15) is 15.5 Å². The van der Waals surface area contributed by atoms with Crippen molar-refractivity contribution in [3.63, 3.8) is 0 Å². The summed E-state index contributed by atoms with van der Waals surface area (Å²) < 4.78 is 7.63. The number of carbonyl (C=O) groups excluding carboxylic acids is 1. The van der Waals surface area contributed by atoms with Crippen LogP contribution in [0.5, 0.6) is 5.75 Å². The highest BCUT2D eigenvalue weighted by Gasteiger charge is 2.25. The molecule has 12 heteroatoms. The van der Waals surface area contributed by atoms with E-state index in [0.29, 0.717) is 41.3 Å². The van der Waals surface area contributed by atoms with Crippen molar-refractivity contribution in [3.8, 4) is 22.8 Å². The van der Waals surface area contributed by atoms with Crippen LogP contribution in [0.2, 0.25) is 5.02 Å². The Morgan fingerprint density at radius 1 is 0.976 bits per heavy atom. The van der Waals surface area contributed by atoms with Gasteiger partial charge >= 0.3 is 0 Å². The Labute approximate surface area is 250 Å². The lowest BCUT2D eigenvalue weighted by Crippen LogP contribution is -2.49. The monoisotopic (exact) mass is 603 g/mol. The fraction of sp³-hybridized carbons (Fsp3) is 0.207. The van der Waals surface area contributed by atoms with Gasteiger partial charge in [-0.05, 0) is 36.4 Å². The Bertz CT molecular complexity index is 1650. The van der Waals surface area contributed by atoms with Crippen LogP contribution in [-0.2, 0) is 5.75 Å². The molecule has 208 valence electrons. The minimum absolute atomic E-state index is 0.0477. The average Bonchev–Trinajstić information content (AvgIpc) is 3.68. The number of methoxy groups -OCH3 is 1. The SMILES string of the molecule is COc1ccccc1-n1c(SCc2nc(C(=O)N3CCN(c4ccccc4Cl)CC3)cs2)nnc1-c1ccncc1. The van der Waals surface area contributed by atoms with Crippen molar-refractivity contribution in [2.75, 3.05) is 38.2 Å². The molecule has 1 aliphatic heterocycles. The molecular weight excluding hydrogens is 578 g/mol. The highest BCUT2D eigenvalue weighted by atomic mass is 35.5. The maximum absolute atomic E-state index is 13.2. The first-order chi connectivity index (χ1) is 20.1. The first-order valence-electron chi connectivity index (χ1n) is 13.0. The molecule has 1 fully saturated rings. The van der Waals surface area contributed by atoms with Gasteiger partial charge in [-0.1, -0.05) is 47.6 Å². The number of ether oxygens (including phenoxy) is 1. The van der Waals surface area contributed by atoms with E-state index in [1.165, 1.54) is 23.1 Å². The van der Waals surface area contributed by atoms with E-state index in [1.807, 2.05) is 75.5 Å². The minimum atomic E-state index is -0.0477. The molecule has 9 nitrogen and oxygen atoms in total. The highest BCUT2D eigenvalue weighted by molar-refractivity contribution is 7.98. The zero-order valence-electron chi connectivity index (χ0n) is 22.2. The van der Waals surface area contributed by atoms with Crippen LogP contribution in [-0.4, -0.2) is 68.8 Å². The quantitative estimate of drug-likeness (QED) is 0.209. The smallest absolute Gasteiger partial charge is 0.273 e. The van der Waals surface area contributed by atoms with Gasteiger partial charge in [-0.25, -0.2) is 4.98 Å². The number of nitrogens with zero attached hydrogens (tertiary/aromatic N) is 7. The number of amides is 1. The lowest BCUT2D eigenvalue weighted by molar-refractivity contribution is 0.0741. The Morgan fingerprint density at radius 3 is 2.46 bits per heavy atom. The van der Waals surface area contributed by atoms with Crippen molar-refractivity contribution >= 4 is 46.3 Å². The summed E-state index contributed by atoms with van der Waals surface area (Å²) in [5.41, 5.74) is 3.20. The van der Waals surface area contributed by atoms with Gasteiger partial charge < -0.3 is 14.5 Å². The Morgan fingerprint density at radius 2 is 1.71 bits per heavy atom. The number of carbonyl (C=O) groups is 1. The van der Waals surface area contributed by atoms with E-state index < -0.39 is 0 Å². The van der Waals surface area contributed by atoms with Gasteiger partial charge in [-0.2, -0.15) is 0 Å². The molecule has 0 radical (unpaired) electrons. The zero-order chi connectivity index (χ0) is 28.2. The largest absolute Gasteiger partial charge is 0.495 e. The van der Waals surface area contributed by atoms with Crippen molar-refractivity contribution in [2.24, 2.45) is 0 Å². The van der Waals surface area contributed by atoms with Crippen molar-refractivity contribution in [2.45, 2.75) is 10.9 Å². The van der Waals surface area contributed by atoms with Gasteiger partial charge in [0.2, 0.25) is 0 Å². The summed E-state index contributed by atoms with van der Waals surface area (Å²) in [6, 6.07) is 19.4. The average molecular weight is 604 g/mol. The normalized spacial score (nSPS) is 13.4. The molecule has 4 heterocycles. The molecule has 1 amide bonds. The number of aromatic nitrogens is 5. The van der Waals surface area contributed by atoms with E-state index in [0.717, 1.165) is 40.1 Å². The predicted octanol–water partition coefficient (Wildman–Crippen LogP) is 5.70. The standard InChI is InChI=1S/C29H26ClN7O2S2/c1-39-25-9-5-4-8-24(25)37-27(20-10-12-31-13-11-20)33-34-29(37)41-19-26-32-22(18-40-26)28(38)36-16-14-35(15-17-36)23-7-3-2-6-21(23)30/h2-13,18H,14-17,19H2,1H3. The Kier molecular flexibility index (Phi) is 8.17. The maximum atomic E-state index is 13.2. The van der Waals surface area contributed by atoms with E-state index in [4.69, 9.17) is 16.3 Å². The van der Waals surface area contributed by atoms with Gasteiger partial charge in [0.15, 0.2) is 11.0 Å². The van der Waals surface area contributed by atoms with Crippen LogP contribution in [0.3, 0.4) is 0 Å². The van der Waals surface area contributed by atoms with Crippen LogP contribution >= 0.6 is 34.7 Å². The van der Waals surface area contributed by atoms with E-state index in [9.17, 15) is 4.79 Å². The zero-order valence-corrected chi connectivity index (χ0v) is 24.6. The second-order valence-corrected chi connectivity index (χ2v) is 11.5. The molecule has 0 spiro atoms. The van der Waals surface area contributed by atoms with Crippen LogP contribution in [0.25, 0.3) is 17.1 Å². The molecular formula is C29H26ClN7O2S2. The van der Waals surface area contributed by atoms with Gasteiger partial charge in [0, 0.05) is 49.5 Å². The summed E-state index contributed by atoms with van der Waals surface area (Å²) in [5, 5.41) is 13.1. The Hall–Kier alpha value is -3.93. The number of anilines is 1. The molecule has 0 atom stereocenters. The van der Waals surface area contributed by atoms with Crippen molar-refractivity contribution in [1.82, 2.24) is 29.6 Å². The number of para-hydroxylation sites is 3. The van der Waals surface area contributed by atoms with Crippen LogP contribution < -0.4 is 9.64 Å². The fourth-order valence-electron chi connectivity index (χ4n) is 4.71. The van der Waals surface area contributed by atoms with Crippen LogP contribution in [0.4, 0.5) is 5.69 Å². The summed E-state index contributed by atoms with van der Waals surface area (Å²) in [6.07, 6.45) is 3.46. The molecule has 0 saturated carbocycles. The second kappa shape index (κ2) is 12.3. The van der Waals surface area contributed by atoms with Gasteiger partial charge in [-0.15, -0.1) is 21.5 Å². The van der Waals surface area contributed by atoms with Gasteiger partial charge in [0.05, 0.1) is 29.3 Å². The summed E-state index contributed by atoms with van der Waals surface area (Å²) in [7, 11) is 1.65. The van der Waals surface area contributed by atoms with E-state index in [1.54, 1.807) is 19.5 Å². The van der Waals surface area contributed by atoms with Crippen LogP contribution in [0, 0.1) is 0 Å². The number of halogens is 1. The lowest BCUT2D eigenvalue weighted by Gasteiger charge is -2.36. The number of benzene rings is 2. The molecule has 0 bridgehead atoms.